The molecule has 0 unspecified atom stereocenters. The number of likely N-dealkylation sites (tertiary alicyclic amines) is 2. The zero-order chi connectivity index (χ0) is 16.2. The minimum absolute atomic E-state index is 0.0517. The summed E-state index contributed by atoms with van der Waals surface area (Å²) in [6.45, 7) is 1.65. The van der Waals surface area contributed by atoms with Gasteiger partial charge in [-0.2, -0.15) is 0 Å². The van der Waals surface area contributed by atoms with Crippen molar-refractivity contribution in [3.63, 3.8) is 0 Å². The summed E-state index contributed by atoms with van der Waals surface area (Å²) in [5.41, 5.74) is 0. The van der Waals surface area contributed by atoms with E-state index in [9.17, 15) is 18.0 Å². The molecule has 7 nitrogen and oxygen atoms in total. The zero-order valence-electron chi connectivity index (χ0n) is 13.1. The first kappa shape index (κ1) is 17.2. The van der Waals surface area contributed by atoms with Crippen LogP contribution in [0.15, 0.2) is 0 Å². The molecule has 0 saturated carbocycles. The largest absolute Gasteiger partial charge is 0.337 e. The summed E-state index contributed by atoms with van der Waals surface area (Å²) >= 11 is 0. The highest BCUT2D eigenvalue weighted by Gasteiger charge is 2.31. The van der Waals surface area contributed by atoms with E-state index in [4.69, 9.17) is 0 Å². The number of amides is 2. The van der Waals surface area contributed by atoms with Crippen molar-refractivity contribution in [2.75, 3.05) is 32.4 Å². The van der Waals surface area contributed by atoms with Crippen molar-refractivity contribution in [3.8, 4) is 0 Å². The van der Waals surface area contributed by atoms with E-state index < -0.39 is 10.0 Å². The number of rotatable bonds is 5. The van der Waals surface area contributed by atoms with E-state index in [1.165, 1.54) is 0 Å². The van der Waals surface area contributed by atoms with Gasteiger partial charge < -0.3 is 9.80 Å². The molecule has 1 N–H and O–H groups in total. The molecule has 0 radical (unpaired) electrons. The molecule has 0 bridgehead atoms. The van der Waals surface area contributed by atoms with Crippen LogP contribution in [0, 0.1) is 0 Å². The topological polar surface area (TPSA) is 86.8 Å². The maximum Gasteiger partial charge on any atom is 0.242 e. The van der Waals surface area contributed by atoms with Crippen LogP contribution in [0.2, 0.25) is 0 Å². The minimum Gasteiger partial charge on any atom is -0.337 e. The predicted molar refractivity (Wildman–Crippen MR) is 82.6 cm³/mol. The summed E-state index contributed by atoms with van der Waals surface area (Å²) in [4.78, 5) is 27.8. The van der Waals surface area contributed by atoms with Crippen molar-refractivity contribution in [3.05, 3.63) is 0 Å². The van der Waals surface area contributed by atoms with Gasteiger partial charge in [-0.05, 0) is 25.7 Å². The van der Waals surface area contributed by atoms with Crippen LogP contribution in [0.1, 0.15) is 38.5 Å². The Labute approximate surface area is 132 Å². The smallest absolute Gasteiger partial charge is 0.242 e. The molecule has 2 rings (SSSR count). The Morgan fingerprint density at radius 2 is 2.00 bits per heavy atom. The van der Waals surface area contributed by atoms with E-state index in [0.29, 0.717) is 19.5 Å². The van der Waals surface area contributed by atoms with Gasteiger partial charge >= 0.3 is 0 Å². The van der Waals surface area contributed by atoms with Crippen LogP contribution in [0.3, 0.4) is 0 Å². The second kappa shape index (κ2) is 7.41. The number of sulfonamides is 1. The van der Waals surface area contributed by atoms with Gasteiger partial charge in [0, 0.05) is 32.1 Å². The molecule has 0 spiro atoms. The second-order valence-electron chi connectivity index (χ2n) is 6.13. The Balaban J connectivity index is 1.91. The van der Waals surface area contributed by atoms with Crippen molar-refractivity contribution < 1.29 is 18.0 Å². The third-order valence-electron chi connectivity index (χ3n) is 4.28. The third-order valence-corrected chi connectivity index (χ3v) is 4.97. The summed E-state index contributed by atoms with van der Waals surface area (Å²) < 4.78 is 24.9. The van der Waals surface area contributed by atoms with Crippen LogP contribution in [-0.4, -0.2) is 68.5 Å². The van der Waals surface area contributed by atoms with E-state index >= 15 is 0 Å². The first-order valence-corrected chi connectivity index (χ1v) is 9.78. The molecule has 0 aliphatic carbocycles. The van der Waals surface area contributed by atoms with E-state index in [1.807, 2.05) is 0 Å². The molecule has 2 heterocycles. The fraction of sp³-hybridized carbons (Fsp3) is 0.857. The van der Waals surface area contributed by atoms with Gasteiger partial charge in [-0.25, -0.2) is 13.1 Å². The normalized spacial score (nSPS) is 23.7. The molecule has 126 valence electrons. The molecule has 2 fully saturated rings. The molecule has 0 aromatic heterocycles. The Morgan fingerprint density at radius 3 is 2.73 bits per heavy atom. The van der Waals surface area contributed by atoms with Gasteiger partial charge in [-0.3, -0.25) is 9.59 Å². The lowest BCUT2D eigenvalue weighted by Crippen LogP contribution is -2.47. The van der Waals surface area contributed by atoms with E-state index in [1.54, 1.807) is 9.80 Å². The standard InChI is InChI=1S/C14H25N3O4S/c1-22(20,21)15-10-12-6-5-9-17(12)14(19)11-16-8-4-2-3-7-13(16)18/h12,15H,2-11H2,1H3/t12-/m0/s1. The first-order chi connectivity index (χ1) is 10.4. The van der Waals surface area contributed by atoms with Crippen LogP contribution in [-0.2, 0) is 19.6 Å². The molecule has 2 saturated heterocycles. The summed E-state index contributed by atoms with van der Waals surface area (Å²) in [5, 5.41) is 0. The number of nitrogens with one attached hydrogen (secondary N) is 1. The van der Waals surface area contributed by atoms with Crippen molar-refractivity contribution in [1.29, 1.82) is 0 Å². The molecule has 2 aliphatic heterocycles. The van der Waals surface area contributed by atoms with E-state index in [2.05, 4.69) is 4.72 Å². The molecule has 2 amide bonds. The maximum absolute atomic E-state index is 12.5. The van der Waals surface area contributed by atoms with E-state index in [-0.39, 0.29) is 30.9 Å². The molecule has 1 atom stereocenters. The molecule has 22 heavy (non-hydrogen) atoms. The maximum atomic E-state index is 12.5. The Morgan fingerprint density at radius 1 is 1.23 bits per heavy atom. The van der Waals surface area contributed by atoms with Crippen molar-refractivity contribution >= 4 is 21.8 Å². The molecule has 8 heteroatoms. The van der Waals surface area contributed by atoms with E-state index in [0.717, 1.165) is 38.4 Å². The SMILES string of the molecule is CS(=O)(=O)NC[C@@H]1CCCN1C(=O)CN1CCCCCC1=O. The van der Waals surface area contributed by atoms with Gasteiger partial charge in [0.1, 0.15) is 0 Å². The number of nitrogens with zero attached hydrogens (tertiary/aromatic N) is 2. The lowest BCUT2D eigenvalue weighted by molar-refractivity contribution is -0.140. The van der Waals surface area contributed by atoms with Gasteiger partial charge in [0.05, 0.1) is 12.8 Å². The third kappa shape index (κ3) is 4.95. The molecule has 0 aromatic carbocycles. The Hall–Kier alpha value is -1.15. The predicted octanol–water partition coefficient (Wildman–Crippen LogP) is -0.0708. The fourth-order valence-corrected chi connectivity index (χ4v) is 3.58. The highest BCUT2D eigenvalue weighted by atomic mass is 32.2. The summed E-state index contributed by atoms with van der Waals surface area (Å²) in [6, 6.07) is -0.107. The van der Waals surface area contributed by atoms with Crippen molar-refractivity contribution in [1.82, 2.24) is 14.5 Å². The number of carbonyl (C=O) groups excluding carboxylic acids is 2. The lowest BCUT2D eigenvalue weighted by atomic mass is 10.2. The highest BCUT2D eigenvalue weighted by molar-refractivity contribution is 7.88. The first-order valence-electron chi connectivity index (χ1n) is 7.89. The van der Waals surface area contributed by atoms with Gasteiger partial charge in [-0.15, -0.1) is 0 Å². The summed E-state index contributed by atoms with van der Waals surface area (Å²) in [7, 11) is -3.25. The number of hydrogen-bond donors (Lipinski definition) is 1. The van der Waals surface area contributed by atoms with Gasteiger partial charge in [-0.1, -0.05) is 6.42 Å². The van der Waals surface area contributed by atoms with Crippen LogP contribution in [0.5, 0.6) is 0 Å². The van der Waals surface area contributed by atoms with Crippen molar-refractivity contribution in [2.45, 2.75) is 44.6 Å². The van der Waals surface area contributed by atoms with Crippen LogP contribution >= 0.6 is 0 Å². The minimum atomic E-state index is -3.25. The van der Waals surface area contributed by atoms with Crippen molar-refractivity contribution in [2.24, 2.45) is 0 Å². The lowest BCUT2D eigenvalue weighted by Gasteiger charge is -2.28. The Kier molecular flexibility index (Phi) is 5.80. The highest BCUT2D eigenvalue weighted by Crippen LogP contribution is 2.18. The zero-order valence-corrected chi connectivity index (χ0v) is 13.9. The molecule has 0 aromatic rings. The fourth-order valence-electron chi connectivity index (χ4n) is 3.08. The summed E-state index contributed by atoms with van der Waals surface area (Å²) in [6.07, 6.45) is 6.17. The average molecular weight is 331 g/mol. The quantitative estimate of drug-likeness (QED) is 0.764. The molecular weight excluding hydrogens is 306 g/mol. The van der Waals surface area contributed by atoms with Crippen LogP contribution < -0.4 is 4.72 Å². The second-order valence-corrected chi connectivity index (χ2v) is 7.96. The van der Waals surface area contributed by atoms with Gasteiger partial charge in [0.15, 0.2) is 0 Å². The van der Waals surface area contributed by atoms with Crippen LogP contribution in [0.25, 0.3) is 0 Å². The number of carbonyl (C=O) groups is 2. The van der Waals surface area contributed by atoms with Crippen LogP contribution in [0.4, 0.5) is 0 Å². The summed E-state index contributed by atoms with van der Waals surface area (Å²) in [5.74, 6) is -0.0242. The van der Waals surface area contributed by atoms with Gasteiger partial charge in [0.25, 0.3) is 0 Å². The average Bonchev–Trinajstić information content (AvgIpc) is 2.82. The Bertz CT molecular complexity index is 520. The molecular formula is C14H25N3O4S. The monoisotopic (exact) mass is 331 g/mol. The van der Waals surface area contributed by atoms with Gasteiger partial charge in [0.2, 0.25) is 21.8 Å². The number of hydrogen-bond acceptors (Lipinski definition) is 4. The molecule has 2 aliphatic rings.